The van der Waals surface area contributed by atoms with Crippen LogP contribution in [0.4, 0.5) is 0 Å². The Bertz CT molecular complexity index is 263. The third kappa shape index (κ3) is 6.97. The summed E-state index contributed by atoms with van der Waals surface area (Å²) >= 11 is 2.79. The van der Waals surface area contributed by atoms with Gasteiger partial charge >= 0.3 is 0 Å². The van der Waals surface area contributed by atoms with Crippen LogP contribution in [0.2, 0.25) is 0 Å². The van der Waals surface area contributed by atoms with Gasteiger partial charge < -0.3 is 5.32 Å². The normalized spacial score (nSPS) is 11.7. The summed E-state index contributed by atoms with van der Waals surface area (Å²) in [6.45, 7) is 3.39. The summed E-state index contributed by atoms with van der Waals surface area (Å²) in [5, 5.41) is 2.56. The number of carbonyl (C=O) groups excluding carboxylic acids is 1. The number of hydrogen-bond acceptors (Lipinski definition) is 3. The summed E-state index contributed by atoms with van der Waals surface area (Å²) in [5.41, 5.74) is 0. The second-order valence-electron chi connectivity index (χ2n) is 2.77. The SMILES string of the molecule is CC(C)NC(=O)CNS(=O)(=O)CBr. The summed E-state index contributed by atoms with van der Waals surface area (Å²) in [5.74, 6) is -0.334. The molecule has 1 amide bonds. The van der Waals surface area contributed by atoms with E-state index in [0.717, 1.165) is 0 Å². The largest absolute Gasteiger partial charge is 0.353 e. The van der Waals surface area contributed by atoms with Crippen molar-refractivity contribution in [1.82, 2.24) is 10.0 Å². The quantitative estimate of drug-likeness (QED) is 0.680. The lowest BCUT2D eigenvalue weighted by molar-refractivity contribution is -0.120. The Morgan fingerprint density at radius 2 is 2.00 bits per heavy atom. The van der Waals surface area contributed by atoms with Gasteiger partial charge in [-0.2, -0.15) is 0 Å². The molecule has 7 heteroatoms. The number of halogens is 1. The van der Waals surface area contributed by atoms with Crippen LogP contribution in [0.25, 0.3) is 0 Å². The van der Waals surface area contributed by atoms with Crippen LogP contribution in [0.15, 0.2) is 0 Å². The van der Waals surface area contributed by atoms with Crippen molar-refractivity contribution in [2.75, 3.05) is 11.2 Å². The van der Waals surface area contributed by atoms with Crippen molar-refractivity contribution in [3.8, 4) is 0 Å². The first-order chi connectivity index (χ1) is 5.87. The maximum atomic E-state index is 11.0. The third-order valence-electron chi connectivity index (χ3n) is 1.05. The Balaban J connectivity index is 3.84. The minimum absolute atomic E-state index is 0.0148. The van der Waals surface area contributed by atoms with E-state index < -0.39 is 10.0 Å². The van der Waals surface area contributed by atoms with Crippen molar-refractivity contribution in [2.45, 2.75) is 19.9 Å². The molecule has 0 radical (unpaired) electrons. The number of amides is 1. The molecule has 0 rings (SSSR count). The van der Waals surface area contributed by atoms with E-state index in [1.807, 2.05) is 0 Å². The molecule has 0 aromatic rings. The van der Waals surface area contributed by atoms with Crippen LogP contribution in [0.5, 0.6) is 0 Å². The lowest BCUT2D eigenvalue weighted by atomic mass is 10.4. The molecule has 2 N–H and O–H groups in total. The number of nitrogens with one attached hydrogen (secondary N) is 2. The lowest BCUT2D eigenvalue weighted by Crippen LogP contribution is -2.39. The summed E-state index contributed by atoms with van der Waals surface area (Å²) in [7, 11) is -3.34. The summed E-state index contributed by atoms with van der Waals surface area (Å²) < 4.78 is 23.6. The number of rotatable bonds is 5. The molecule has 0 aliphatic heterocycles. The maximum absolute atomic E-state index is 11.0. The average Bonchev–Trinajstić information content (AvgIpc) is 2.00. The minimum Gasteiger partial charge on any atom is -0.353 e. The lowest BCUT2D eigenvalue weighted by Gasteiger charge is -2.08. The highest BCUT2D eigenvalue weighted by atomic mass is 79.9. The van der Waals surface area contributed by atoms with Gasteiger partial charge in [0, 0.05) is 6.04 Å². The van der Waals surface area contributed by atoms with Crippen LogP contribution in [-0.4, -0.2) is 31.6 Å². The zero-order chi connectivity index (χ0) is 10.5. The number of hydrogen-bond donors (Lipinski definition) is 2. The van der Waals surface area contributed by atoms with E-state index in [1.165, 1.54) is 0 Å². The number of carbonyl (C=O) groups is 1. The molecule has 0 fully saturated rings. The van der Waals surface area contributed by atoms with Crippen LogP contribution < -0.4 is 10.0 Å². The van der Waals surface area contributed by atoms with Gasteiger partial charge in [-0.25, -0.2) is 13.1 Å². The van der Waals surface area contributed by atoms with Crippen LogP contribution >= 0.6 is 15.9 Å². The average molecular weight is 273 g/mol. The fourth-order valence-electron chi connectivity index (χ4n) is 0.587. The molecule has 0 atom stereocenters. The molecule has 0 aliphatic rings. The fourth-order valence-corrected chi connectivity index (χ4v) is 1.50. The Morgan fingerprint density at radius 1 is 1.46 bits per heavy atom. The van der Waals surface area contributed by atoms with Gasteiger partial charge in [-0.1, -0.05) is 15.9 Å². The standard InChI is InChI=1S/C6H13BrN2O3S/c1-5(2)9-6(10)3-8-13(11,12)4-7/h5,8H,3-4H2,1-2H3,(H,9,10). The van der Waals surface area contributed by atoms with Crippen LogP contribution in [0.1, 0.15) is 13.8 Å². The maximum Gasteiger partial charge on any atom is 0.235 e. The van der Waals surface area contributed by atoms with Gasteiger partial charge in [0.25, 0.3) is 0 Å². The molecule has 13 heavy (non-hydrogen) atoms. The smallest absolute Gasteiger partial charge is 0.235 e. The van der Waals surface area contributed by atoms with Crippen LogP contribution in [-0.2, 0) is 14.8 Å². The summed E-state index contributed by atoms with van der Waals surface area (Å²) in [6, 6.07) is 0.0148. The summed E-state index contributed by atoms with van der Waals surface area (Å²) in [6.07, 6.45) is 0. The Kier molecular flexibility index (Phi) is 5.50. The predicted octanol–water partition coefficient (Wildman–Crippen LogP) is -0.217. The Morgan fingerprint density at radius 3 is 2.38 bits per heavy atom. The second-order valence-corrected chi connectivity index (χ2v) is 5.88. The van der Waals surface area contributed by atoms with Crippen molar-refractivity contribution in [2.24, 2.45) is 0 Å². The van der Waals surface area contributed by atoms with E-state index >= 15 is 0 Å². The van der Waals surface area contributed by atoms with Gasteiger partial charge in [0.15, 0.2) is 0 Å². The molecule has 0 heterocycles. The predicted molar refractivity (Wildman–Crippen MR) is 54.0 cm³/mol. The van der Waals surface area contributed by atoms with E-state index in [1.54, 1.807) is 13.8 Å². The van der Waals surface area contributed by atoms with Crippen molar-refractivity contribution >= 4 is 31.9 Å². The second kappa shape index (κ2) is 5.56. The molecular formula is C6H13BrN2O3S. The highest BCUT2D eigenvalue weighted by Crippen LogP contribution is 1.89. The molecule has 5 nitrogen and oxygen atoms in total. The molecule has 0 aliphatic carbocycles. The van der Waals surface area contributed by atoms with Crippen molar-refractivity contribution in [1.29, 1.82) is 0 Å². The fraction of sp³-hybridized carbons (Fsp3) is 0.833. The van der Waals surface area contributed by atoms with Gasteiger partial charge in [0.2, 0.25) is 15.9 Å². The van der Waals surface area contributed by atoms with Gasteiger partial charge in [-0.15, -0.1) is 0 Å². The molecular weight excluding hydrogens is 260 g/mol. The van der Waals surface area contributed by atoms with E-state index in [-0.39, 0.29) is 23.2 Å². The van der Waals surface area contributed by atoms with Gasteiger partial charge in [0.1, 0.15) is 4.66 Å². The first-order valence-electron chi connectivity index (χ1n) is 3.70. The van der Waals surface area contributed by atoms with Crippen LogP contribution in [0, 0.1) is 0 Å². The molecule has 0 aromatic carbocycles. The molecule has 78 valence electrons. The molecule has 0 bridgehead atoms. The summed E-state index contributed by atoms with van der Waals surface area (Å²) in [4.78, 5) is 11.0. The van der Waals surface area contributed by atoms with Crippen molar-refractivity contribution in [3.05, 3.63) is 0 Å². The van der Waals surface area contributed by atoms with Gasteiger partial charge in [-0.05, 0) is 13.8 Å². The van der Waals surface area contributed by atoms with E-state index in [2.05, 4.69) is 26.0 Å². The number of alkyl halides is 1. The molecule has 0 aromatic heterocycles. The number of sulfonamides is 1. The van der Waals surface area contributed by atoms with E-state index in [0.29, 0.717) is 0 Å². The van der Waals surface area contributed by atoms with E-state index in [9.17, 15) is 13.2 Å². The molecule has 0 spiro atoms. The molecule has 0 saturated heterocycles. The highest BCUT2D eigenvalue weighted by Gasteiger charge is 2.10. The Hall–Kier alpha value is -0.140. The molecule has 0 unspecified atom stereocenters. The van der Waals surface area contributed by atoms with Crippen molar-refractivity contribution < 1.29 is 13.2 Å². The Labute approximate surface area is 86.5 Å². The minimum atomic E-state index is -3.34. The van der Waals surface area contributed by atoms with Gasteiger partial charge in [0.05, 0.1) is 6.54 Å². The van der Waals surface area contributed by atoms with E-state index in [4.69, 9.17) is 0 Å². The first-order valence-corrected chi connectivity index (χ1v) is 6.47. The zero-order valence-corrected chi connectivity index (χ0v) is 9.91. The van der Waals surface area contributed by atoms with Crippen LogP contribution in [0.3, 0.4) is 0 Å². The monoisotopic (exact) mass is 272 g/mol. The van der Waals surface area contributed by atoms with Gasteiger partial charge in [-0.3, -0.25) is 4.79 Å². The first kappa shape index (κ1) is 12.9. The highest BCUT2D eigenvalue weighted by molar-refractivity contribution is 9.10. The van der Waals surface area contributed by atoms with Crippen molar-refractivity contribution in [3.63, 3.8) is 0 Å². The zero-order valence-electron chi connectivity index (χ0n) is 7.50. The molecule has 0 saturated carbocycles. The topological polar surface area (TPSA) is 75.3 Å². The third-order valence-corrected chi connectivity index (χ3v) is 3.73.